The Morgan fingerprint density at radius 1 is 1.63 bits per heavy atom. The van der Waals surface area contributed by atoms with Crippen LogP contribution in [-0.4, -0.2) is 48.6 Å². The second-order valence-electron chi connectivity index (χ2n) is 6.01. The predicted molar refractivity (Wildman–Crippen MR) is 83.6 cm³/mol. The minimum absolute atomic E-state index is 0.148. The van der Waals surface area contributed by atoms with Gasteiger partial charge in [-0.25, -0.2) is 0 Å². The Balaban J connectivity index is 2.16. The molecule has 2 N–H and O–H groups in total. The summed E-state index contributed by atoms with van der Waals surface area (Å²) in [6.07, 6.45) is 2.32. The van der Waals surface area contributed by atoms with Crippen molar-refractivity contribution in [3.8, 4) is 0 Å². The number of nitrogens with two attached hydrogens (primary N) is 1. The van der Waals surface area contributed by atoms with Gasteiger partial charge in [-0.1, -0.05) is 6.07 Å². The molecule has 1 saturated heterocycles. The van der Waals surface area contributed by atoms with Crippen LogP contribution in [0.15, 0.2) is 17.5 Å². The van der Waals surface area contributed by atoms with Crippen LogP contribution in [0.5, 0.6) is 0 Å². The summed E-state index contributed by atoms with van der Waals surface area (Å²) in [6.45, 7) is 6.50. The van der Waals surface area contributed by atoms with E-state index in [1.807, 2.05) is 11.3 Å². The number of piperidine rings is 1. The molecule has 0 aliphatic carbocycles. The van der Waals surface area contributed by atoms with E-state index in [0.717, 1.165) is 25.9 Å². The first kappa shape index (κ1) is 15.0. The van der Waals surface area contributed by atoms with E-state index in [1.165, 1.54) is 4.88 Å². The molecule has 3 unspecified atom stereocenters. The van der Waals surface area contributed by atoms with Gasteiger partial charge >= 0.3 is 0 Å². The van der Waals surface area contributed by atoms with E-state index < -0.39 is 0 Å². The molecule has 2 heterocycles. The minimum Gasteiger partial charge on any atom is -0.329 e. The van der Waals surface area contributed by atoms with Gasteiger partial charge in [-0.3, -0.25) is 4.90 Å². The second kappa shape index (κ2) is 5.92. The average molecular weight is 281 g/mol. The Labute approximate surface area is 121 Å². The molecule has 1 aromatic heterocycles. The molecule has 3 atom stereocenters. The highest BCUT2D eigenvalue weighted by molar-refractivity contribution is 7.10. The van der Waals surface area contributed by atoms with Gasteiger partial charge in [-0.2, -0.15) is 0 Å². The van der Waals surface area contributed by atoms with Gasteiger partial charge in [0.2, 0.25) is 0 Å². The van der Waals surface area contributed by atoms with Gasteiger partial charge in [0.25, 0.3) is 0 Å². The molecule has 3 nitrogen and oxygen atoms in total. The van der Waals surface area contributed by atoms with Gasteiger partial charge in [0.15, 0.2) is 0 Å². The number of thiophene rings is 1. The zero-order valence-corrected chi connectivity index (χ0v) is 13.4. The summed E-state index contributed by atoms with van der Waals surface area (Å²) >= 11 is 1.84. The van der Waals surface area contributed by atoms with Crippen molar-refractivity contribution in [2.24, 2.45) is 5.73 Å². The molecule has 2 rings (SSSR count). The number of hydrogen-bond donors (Lipinski definition) is 1. The van der Waals surface area contributed by atoms with Gasteiger partial charge in [0.05, 0.1) is 0 Å². The molecular weight excluding hydrogens is 254 g/mol. The van der Waals surface area contributed by atoms with Crippen molar-refractivity contribution >= 4 is 11.3 Å². The van der Waals surface area contributed by atoms with Crippen molar-refractivity contribution in [3.63, 3.8) is 0 Å². The lowest BCUT2D eigenvalue weighted by atomic mass is 9.81. The highest BCUT2D eigenvalue weighted by atomic mass is 32.1. The first-order valence-electron chi connectivity index (χ1n) is 7.17. The molecule has 0 spiro atoms. The fraction of sp³-hybridized carbons (Fsp3) is 0.733. The van der Waals surface area contributed by atoms with E-state index >= 15 is 0 Å². The van der Waals surface area contributed by atoms with Gasteiger partial charge in [-0.05, 0) is 58.8 Å². The molecule has 19 heavy (non-hydrogen) atoms. The SMILES string of the molecule is CC1CC(CN)(N(C)C(C)c2cccs2)CCN1C. The Morgan fingerprint density at radius 3 is 2.89 bits per heavy atom. The molecule has 0 amide bonds. The van der Waals surface area contributed by atoms with Crippen molar-refractivity contribution in [2.75, 3.05) is 27.2 Å². The van der Waals surface area contributed by atoms with E-state index in [1.54, 1.807) is 0 Å². The van der Waals surface area contributed by atoms with E-state index in [9.17, 15) is 0 Å². The fourth-order valence-electron chi connectivity index (χ4n) is 3.19. The predicted octanol–water partition coefficient (Wildman–Crippen LogP) is 2.55. The van der Waals surface area contributed by atoms with Gasteiger partial charge in [0.1, 0.15) is 0 Å². The van der Waals surface area contributed by atoms with E-state index in [4.69, 9.17) is 5.73 Å². The molecule has 4 heteroatoms. The Morgan fingerprint density at radius 2 is 2.37 bits per heavy atom. The molecule has 0 saturated carbocycles. The first-order valence-corrected chi connectivity index (χ1v) is 8.05. The van der Waals surface area contributed by atoms with Crippen LogP contribution in [0.2, 0.25) is 0 Å². The molecule has 0 bridgehead atoms. The zero-order chi connectivity index (χ0) is 14.0. The zero-order valence-electron chi connectivity index (χ0n) is 12.6. The summed E-state index contributed by atoms with van der Waals surface area (Å²) in [5.74, 6) is 0. The van der Waals surface area contributed by atoms with Gasteiger partial charge in [0, 0.05) is 29.0 Å². The monoisotopic (exact) mass is 281 g/mol. The number of hydrogen-bond acceptors (Lipinski definition) is 4. The quantitative estimate of drug-likeness (QED) is 0.920. The van der Waals surface area contributed by atoms with Crippen LogP contribution in [0.4, 0.5) is 0 Å². The van der Waals surface area contributed by atoms with E-state index in [-0.39, 0.29) is 5.54 Å². The lowest BCUT2D eigenvalue weighted by Crippen LogP contribution is -2.60. The average Bonchev–Trinajstić information content (AvgIpc) is 2.94. The lowest BCUT2D eigenvalue weighted by molar-refractivity contribution is 0.00558. The maximum absolute atomic E-state index is 6.18. The molecule has 1 fully saturated rings. The summed E-state index contributed by atoms with van der Waals surface area (Å²) in [6, 6.07) is 5.42. The minimum atomic E-state index is 0.148. The van der Waals surface area contributed by atoms with Crippen LogP contribution in [0.25, 0.3) is 0 Å². The van der Waals surface area contributed by atoms with Gasteiger partial charge in [-0.15, -0.1) is 11.3 Å². The third-order valence-corrected chi connectivity index (χ3v) is 6.06. The van der Waals surface area contributed by atoms with Crippen LogP contribution in [0.3, 0.4) is 0 Å². The van der Waals surface area contributed by atoms with Crippen molar-refractivity contribution in [1.29, 1.82) is 0 Å². The lowest BCUT2D eigenvalue weighted by Gasteiger charge is -2.51. The van der Waals surface area contributed by atoms with Crippen molar-refractivity contribution < 1.29 is 0 Å². The number of likely N-dealkylation sites (N-methyl/N-ethyl adjacent to an activating group) is 1. The molecule has 1 aromatic rings. The van der Waals surface area contributed by atoms with Crippen molar-refractivity contribution in [2.45, 2.75) is 44.3 Å². The second-order valence-corrected chi connectivity index (χ2v) is 6.99. The van der Waals surface area contributed by atoms with Crippen LogP contribution in [-0.2, 0) is 0 Å². The Bertz CT molecular complexity index is 392. The smallest absolute Gasteiger partial charge is 0.0416 e. The maximum Gasteiger partial charge on any atom is 0.0416 e. The molecule has 0 aromatic carbocycles. The van der Waals surface area contributed by atoms with Gasteiger partial charge < -0.3 is 10.6 Å². The molecule has 1 aliphatic heterocycles. The normalized spacial score (nSPS) is 30.7. The number of rotatable bonds is 4. The van der Waals surface area contributed by atoms with Crippen LogP contribution in [0.1, 0.15) is 37.6 Å². The fourth-order valence-corrected chi connectivity index (χ4v) is 4.02. The largest absolute Gasteiger partial charge is 0.329 e. The Kier molecular flexibility index (Phi) is 4.66. The Hall–Kier alpha value is -0.420. The maximum atomic E-state index is 6.18. The highest BCUT2D eigenvalue weighted by Crippen LogP contribution is 2.36. The molecule has 1 aliphatic rings. The van der Waals surface area contributed by atoms with Crippen molar-refractivity contribution in [3.05, 3.63) is 22.4 Å². The summed E-state index contributed by atoms with van der Waals surface area (Å²) in [5.41, 5.74) is 6.33. The van der Waals surface area contributed by atoms with Crippen LogP contribution >= 0.6 is 11.3 Å². The molecule has 108 valence electrons. The number of likely N-dealkylation sites (tertiary alicyclic amines) is 1. The van der Waals surface area contributed by atoms with E-state index in [0.29, 0.717) is 12.1 Å². The van der Waals surface area contributed by atoms with Crippen LogP contribution in [0, 0.1) is 0 Å². The summed E-state index contributed by atoms with van der Waals surface area (Å²) in [7, 11) is 4.46. The standard InChI is InChI=1S/C15H27N3S/c1-12-10-15(11-16,7-8-17(12)3)18(4)13(2)14-6-5-9-19-14/h5-6,9,12-13H,7-8,10-11,16H2,1-4H3. The highest BCUT2D eigenvalue weighted by Gasteiger charge is 2.41. The summed E-state index contributed by atoms with van der Waals surface area (Å²) in [4.78, 5) is 6.39. The summed E-state index contributed by atoms with van der Waals surface area (Å²) in [5, 5.41) is 2.16. The van der Waals surface area contributed by atoms with Crippen LogP contribution < -0.4 is 5.73 Å². The first-order chi connectivity index (χ1) is 9.00. The topological polar surface area (TPSA) is 32.5 Å². The third kappa shape index (κ3) is 2.87. The van der Waals surface area contributed by atoms with E-state index in [2.05, 4.69) is 55.3 Å². The van der Waals surface area contributed by atoms with Crippen molar-refractivity contribution in [1.82, 2.24) is 9.80 Å². The third-order valence-electron chi connectivity index (χ3n) is 5.02. The molecule has 0 radical (unpaired) electrons. The summed E-state index contributed by atoms with van der Waals surface area (Å²) < 4.78 is 0. The molecular formula is C15H27N3S. The number of nitrogens with zero attached hydrogens (tertiary/aromatic N) is 2.